The second-order valence-corrected chi connectivity index (χ2v) is 4.99. The summed E-state index contributed by atoms with van der Waals surface area (Å²) in [6.07, 6.45) is -0.254. The lowest BCUT2D eigenvalue weighted by atomic mass is 10.2. The summed E-state index contributed by atoms with van der Waals surface area (Å²) in [4.78, 5) is 13.7. The van der Waals surface area contributed by atoms with E-state index in [1.54, 1.807) is 12.0 Å². The predicted octanol–water partition coefficient (Wildman–Crippen LogP) is 1.26. The molecule has 1 fully saturated rings. The van der Waals surface area contributed by atoms with Gasteiger partial charge in [0.05, 0.1) is 12.6 Å². The Bertz CT molecular complexity index is 241. The second kappa shape index (κ2) is 7.03. The van der Waals surface area contributed by atoms with Gasteiger partial charge in [-0.3, -0.25) is 0 Å². The first kappa shape index (κ1) is 16.5. The van der Waals surface area contributed by atoms with Gasteiger partial charge in [-0.2, -0.15) is 0 Å². The van der Waals surface area contributed by atoms with Gasteiger partial charge in [0.15, 0.2) is 0 Å². The summed E-state index contributed by atoms with van der Waals surface area (Å²) in [7, 11) is 1.64. The normalized spacial score (nSPS) is 20.7. The Labute approximate surface area is 109 Å². The van der Waals surface area contributed by atoms with Gasteiger partial charge in [-0.05, 0) is 20.8 Å². The number of rotatable bonds is 2. The maximum absolute atomic E-state index is 11.9. The van der Waals surface area contributed by atoms with Gasteiger partial charge in [-0.1, -0.05) is 0 Å². The SMILES string of the molecule is COC[C@@H]1CNCCN1C(=O)OC(C)(C)C.Cl. The van der Waals surface area contributed by atoms with E-state index in [0.29, 0.717) is 13.2 Å². The minimum absolute atomic E-state index is 0. The zero-order valence-corrected chi connectivity index (χ0v) is 11.8. The average molecular weight is 267 g/mol. The standard InChI is InChI=1S/C11H22N2O3.ClH/c1-11(2,3)16-10(14)13-6-5-12-7-9(13)8-15-4;/h9,12H,5-8H2,1-4H3;1H/t9-;/m0./s1. The Kier molecular flexibility index (Phi) is 6.82. The highest BCUT2D eigenvalue weighted by molar-refractivity contribution is 5.85. The number of carbonyl (C=O) groups excluding carboxylic acids is 1. The monoisotopic (exact) mass is 266 g/mol. The number of nitrogens with zero attached hydrogens (tertiary/aromatic N) is 1. The summed E-state index contributed by atoms with van der Waals surface area (Å²) in [5.74, 6) is 0. The van der Waals surface area contributed by atoms with Crippen molar-refractivity contribution in [2.24, 2.45) is 0 Å². The topological polar surface area (TPSA) is 50.8 Å². The lowest BCUT2D eigenvalue weighted by Crippen LogP contribution is -2.56. The highest BCUT2D eigenvalue weighted by atomic mass is 35.5. The van der Waals surface area contributed by atoms with Crippen molar-refractivity contribution in [3.05, 3.63) is 0 Å². The Hall–Kier alpha value is -0.520. The molecule has 0 aliphatic carbocycles. The maximum Gasteiger partial charge on any atom is 0.410 e. The molecule has 0 spiro atoms. The van der Waals surface area contributed by atoms with Crippen molar-refractivity contribution in [3.8, 4) is 0 Å². The molecule has 0 aromatic carbocycles. The van der Waals surface area contributed by atoms with Crippen molar-refractivity contribution in [1.29, 1.82) is 0 Å². The molecule has 5 nitrogen and oxygen atoms in total. The number of ether oxygens (including phenoxy) is 2. The molecule has 1 N–H and O–H groups in total. The van der Waals surface area contributed by atoms with Gasteiger partial charge in [-0.25, -0.2) is 4.79 Å². The number of piperazine rings is 1. The van der Waals surface area contributed by atoms with Gasteiger partial charge in [0.25, 0.3) is 0 Å². The van der Waals surface area contributed by atoms with Crippen LogP contribution in [0, 0.1) is 0 Å². The molecule has 0 saturated carbocycles. The van der Waals surface area contributed by atoms with E-state index in [1.807, 2.05) is 20.8 Å². The van der Waals surface area contributed by atoms with E-state index in [1.165, 1.54) is 0 Å². The molecule has 0 radical (unpaired) electrons. The number of methoxy groups -OCH3 is 1. The van der Waals surface area contributed by atoms with Gasteiger partial charge < -0.3 is 19.7 Å². The zero-order valence-electron chi connectivity index (χ0n) is 11.0. The number of carbonyl (C=O) groups is 1. The zero-order chi connectivity index (χ0) is 12.2. The number of hydrogen-bond donors (Lipinski definition) is 1. The first-order valence-corrected chi connectivity index (χ1v) is 5.63. The first-order chi connectivity index (χ1) is 7.44. The number of nitrogens with one attached hydrogen (secondary N) is 1. The lowest BCUT2D eigenvalue weighted by Gasteiger charge is -2.36. The molecule has 0 bridgehead atoms. The van der Waals surface area contributed by atoms with Crippen LogP contribution in [0.15, 0.2) is 0 Å². The molecular weight excluding hydrogens is 244 g/mol. The van der Waals surface area contributed by atoms with E-state index >= 15 is 0 Å². The molecule has 1 atom stereocenters. The molecule has 1 aliphatic rings. The molecule has 1 saturated heterocycles. The quantitative estimate of drug-likeness (QED) is 0.818. The Morgan fingerprint density at radius 3 is 2.65 bits per heavy atom. The van der Waals surface area contributed by atoms with Crippen LogP contribution in [0.4, 0.5) is 4.79 Å². The van der Waals surface area contributed by atoms with Crippen LogP contribution in [0.1, 0.15) is 20.8 Å². The molecule has 17 heavy (non-hydrogen) atoms. The Morgan fingerprint density at radius 1 is 1.47 bits per heavy atom. The van der Waals surface area contributed by atoms with E-state index in [0.717, 1.165) is 13.1 Å². The third kappa shape index (κ3) is 5.57. The largest absolute Gasteiger partial charge is 0.444 e. The Morgan fingerprint density at radius 2 is 2.12 bits per heavy atom. The van der Waals surface area contributed by atoms with E-state index in [2.05, 4.69) is 5.32 Å². The van der Waals surface area contributed by atoms with Gasteiger partial charge >= 0.3 is 6.09 Å². The van der Waals surface area contributed by atoms with Crippen molar-refractivity contribution in [3.63, 3.8) is 0 Å². The fourth-order valence-electron chi connectivity index (χ4n) is 1.66. The molecule has 1 aliphatic heterocycles. The van der Waals surface area contributed by atoms with Crippen LogP contribution in [-0.4, -0.2) is 56.0 Å². The maximum atomic E-state index is 11.9. The van der Waals surface area contributed by atoms with Crippen molar-refractivity contribution < 1.29 is 14.3 Å². The van der Waals surface area contributed by atoms with Crippen LogP contribution in [0.25, 0.3) is 0 Å². The number of hydrogen-bond acceptors (Lipinski definition) is 4. The summed E-state index contributed by atoms with van der Waals surface area (Å²) < 4.78 is 10.5. The summed E-state index contributed by atoms with van der Waals surface area (Å²) in [6, 6.07) is 0.0635. The van der Waals surface area contributed by atoms with Crippen molar-refractivity contribution in [1.82, 2.24) is 10.2 Å². The molecule has 102 valence electrons. The molecule has 1 amide bonds. The molecule has 1 rings (SSSR count). The highest BCUT2D eigenvalue weighted by Gasteiger charge is 2.30. The number of halogens is 1. The molecular formula is C11H23ClN2O3. The van der Waals surface area contributed by atoms with Crippen LogP contribution >= 0.6 is 12.4 Å². The molecule has 6 heteroatoms. The lowest BCUT2D eigenvalue weighted by molar-refractivity contribution is 0.000854. The molecule has 0 unspecified atom stereocenters. The first-order valence-electron chi connectivity index (χ1n) is 5.63. The fourth-order valence-corrected chi connectivity index (χ4v) is 1.66. The van der Waals surface area contributed by atoms with Gasteiger partial charge in [0.2, 0.25) is 0 Å². The van der Waals surface area contributed by atoms with E-state index in [4.69, 9.17) is 9.47 Å². The average Bonchev–Trinajstić information content (AvgIpc) is 2.16. The summed E-state index contributed by atoms with van der Waals surface area (Å²) in [6.45, 7) is 8.39. The van der Waals surface area contributed by atoms with Crippen LogP contribution in [0.5, 0.6) is 0 Å². The van der Waals surface area contributed by atoms with Gasteiger partial charge in [0, 0.05) is 26.7 Å². The number of amides is 1. The summed E-state index contributed by atoms with van der Waals surface area (Å²) in [5, 5.41) is 3.24. The summed E-state index contributed by atoms with van der Waals surface area (Å²) >= 11 is 0. The minimum Gasteiger partial charge on any atom is -0.444 e. The predicted molar refractivity (Wildman–Crippen MR) is 68.7 cm³/mol. The van der Waals surface area contributed by atoms with E-state index in [-0.39, 0.29) is 24.5 Å². The third-order valence-corrected chi connectivity index (χ3v) is 2.34. The minimum atomic E-state index is -0.445. The van der Waals surface area contributed by atoms with Crippen molar-refractivity contribution >= 4 is 18.5 Å². The fraction of sp³-hybridized carbons (Fsp3) is 0.909. The molecule has 0 aromatic rings. The third-order valence-electron chi connectivity index (χ3n) is 2.34. The van der Waals surface area contributed by atoms with Crippen molar-refractivity contribution in [2.75, 3.05) is 33.4 Å². The van der Waals surface area contributed by atoms with Crippen LogP contribution in [0.2, 0.25) is 0 Å². The molecule has 0 aromatic heterocycles. The summed E-state index contributed by atoms with van der Waals surface area (Å²) in [5.41, 5.74) is -0.445. The highest BCUT2D eigenvalue weighted by Crippen LogP contribution is 2.13. The van der Waals surface area contributed by atoms with Crippen LogP contribution in [-0.2, 0) is 9.47 Å². The van der Waals surface area contributed by atoms with Gasteiger partial charge in [-0.15, -0.1) is 12.4 Å². The smallest absolute Gasteiger partial charge is 0.410 e. The van der Waals surface area contributed by atoms with E-state index < -0.39 is 5.60 Å². The second-order valence-electron chi connectivity index (χ2n) is 4.99. The van der Waals surface area contributed by atoms with Crippen LogP contribution in [0.3, 0.4) is 0 Å². The molecule has 1 heterocycles. The van der Waals surface area contributed by atoms with Gasteiger partial charge in [0.1, 0.15) is 5.60 Å². The van der Waals surface area contributed by atoms with Crippen LogP contribution < -0.4 is 5.32 Å². The van der Waals surface area contributed by atoms with Crippen molar-refractivity contribution in [2.45, 2.75) is 32.4 Å². The van der Waals surface area contributed by atoms with E-state index in [9.17, 15) is 4.79 Å². The Balaban J connectivity index is 0.00000256.